The van der Waals surface area contributed by atoms with Gasteiger partial charge in [0.05, 0.1) is 24.9 Å². The summed E-state index contributed by atoms with van der Waals surface area (Å²) in [5.41, 5.74) is 3.41. The number of rotatable bonds is 8. The van der Waals surface area contributed by atoms with E-state index in [1.807, 2.05) is 6.07 Å². The van der Waals surface area contributed by atoms with Gasteiger partial charge in [0.25, 0.3) is 0 Å². The van der Waals surface area contributed by atoms with Gasteiger partial charge in [-0.3, -0.25) is 9.59 Å². The number of ether oxygens (including phenoxy) is 1. The number of ketones is 1. The summed E-state index contributed by atoms with van der Waals surface area (Å²) in [4.78, 5) is 30.8. The van der Waals surface area contributed by atoms with Crippen molar-refractivity contribution < 1.29 is 19.4 Å². The van der Waals surface area contributed by atoms with E-state index in [0.717, 1.165) is 17.9 Å². The molecule has 2 aliphatic rings. The first-order valence-electron chi connectivity index (χ1n) is 11.0. The fourth-order valence-corrected chi connectivity index (χ4v) is 4.43. The lowest BCUT2D eigenvalue weighted by molar-refractivity contribution is -0.138. The van der Waals surface area contributed by atoms with Crippen molar-refractivity contribution >= 4 is 33.9 Å². The van der Waals surface area contributed by atoms with E-state index in [0.29, 0.717) is 18.1 Å². The molecule has 2 fully saturated rings. The van der Waals surface area contributed by atoms with E-state index in [1.54, 1.807) is 6.20 Å². The lowest BCUT2D eigenvalue weighted by atomic mass is 10.0. The van der Waals surface area contributed by atoms with Crippen molar-refractivity contribution in [2.45, 2.75) is 26.2 Å². The van der Waals surface area contributed by atoms with Crippen LogP contribution >= 0.6 is 0 Å². The Bertz CT molecular complexity index is 1220. The fraction of sp³-hybridized carbons (Fsp3) is 0.346. The molecule has 2 unspecified atom stereocenters. The van der Waals surface area contributed by atoms with E-state index in [9.17, 15) is 14.7 Å². The fourth-order valence-electron chi connectivity index (χ4n) is 4.43. The van der Waals surface area contributed by atoms with Crippen LogP contribution < -0.4 is 9.64 Å². The zero-order valence-corrected chi connectivity index (χ0v) is 18.2. The summed E-state index contributed by atoms with van der Waals surface area (Å²) in [5, 5.41) is 11.6. The number of aliphatic carboxylic acids is 1. The Kier molecular flexibility index (Phi) is 5.08. The monoisotopic (exact) mass is 430 g/mol. The van der Waals surface area contributed by atoms with Gasteiger partial charge >= 0.3 is 5.97 Å². The average molecular weight is 431 g/mol. The van der Waals surface area contributed by atoms with Crippen molar-refractivity contribution in [3.8, 4) is 5.75 Å². The van der Waals surface area contributed by atoms with Crippen molar-refractivity contribution in [3.63, 3.8) is 0 Å². The Balaban J connectivity index is 1.54. The summed E-state index contributed by atoms with van der Waals surface area (Å²) >= 11 is 0. The number of benzene rings is 2. The zero-order chi connectivity index (χ0) is 22.4. The van der Waals surface area contributed by atoms with Gasteiger partial charge in [0, 0.05) is 29.6 Å². The summed E-state index contributed by atoms with van der Waals surface area (Å²) in [6.45, 7) is 2.99. The third-order valence-corrected chi connectivity index (χ3v) is 6.60. The zero-order valence-electron chi connectivity index (χ0n) is 18.2. The number of aromatic nitrogens is 1. The van der Waals surface area contributed by atoms with Gasteiger partial charge in [0.15, 0.2) is 5.78 Å². The Morgan fingerprint density at radius 3 is 2.53 bits per heavy atom. The highest BCUT2D eigenvalue weighted by atomic mass is 16.5. The number of methoxy groups -OCH3 is 1. The van der Waals surface area contributed by atoms with Gasteiger partial charge in [-0.25, -0.2) is 4.98 Å². The van der Waals surface area contributed by atoms with E-state index in [-0.39, 0.29) is 11.5 Å². The summed E-state index contributed by atoms with van der Waals surface area (Å²) in [7, 11) is 1.52. The normalized spacial score (nSPS) is 19.6. The number of aryl methyl sites for hydroxylation is 1. The molecule has 2 aliphatic carbocycles. The predicted molar refractivity (Wildman–Crippen MR) is 123 cm³/mol. The van der Waals surface area contributed by atoms with Gasteiger partial charge in [0.2, 0.25) is 0 Å². The SMILES string of the molecule is COc1cc(N(CC2CC2)c2ccc(C)c3ccccc23)cnc1C(=O)C1CC1C(=O)O. The molecule has 2 saturated carbocycles. The highest BCUT2D eigenvalue weighted by Gasteiger charge is 2.49. The standard InChI is InChI=1S/C26H26N2O4/c1-15-7-10-22(19-6-4-3-5-18(15)19)28(14-16-8-9-16)17-11-23(32-2)24(27-13-17)25(29)20-12-21(20)26(30)31/h3-7,10-11,13,16,20-21H,8-9,12,14H2,1-2H3,(H,30,31). The summed E-state index contributed by atoms with van der Waals surface area (Å²) in [6.07, 6.45) is 4.49. The number of carboxylic acid groups (broad SMARTS) is 1. The molecule has 0 radical (unpaired) electrons. The Hall–Kier alpha value is -3.41. The van der Waals surface area contributed by atoms with Crippen LogP contribution in [0.1, 0.15) is 35.3 Å². The summed E-state index contributed by atoms with van der Waals surface area (Å²) < 4.78 is 5.54. The molecule has 0 spiro atoms. The molecule has 164 valence electrons. The number of nitrogens with zero attached hydrogens (tertiary/aromatic N) is 2. The molecule has 2 atom stereocenters. The van der Waals surface area contributed by atoms with Gasteiger partial charge in [0.1, 0.15) is 11.4 Å². The molecule has 6 nitrogen and oxygen atoms in total. The van der Waals surface area contributed by atoms with Crippen molar-refractivity contribution in [1.82, 2.24) is 4.98 Å². The summed E-state index contributed by atoms with van der Waals surface area (Å²) in [6, 6.07) is 14.5. The molecule has 32 heavy (non-hydrogen) atoms. The maximum atomic E-state index is 12.8. The van der Waals surface area contributed by atoms with Crippen LogP contribution in [0.5, 0.6) is 5.75 Å². The number of hydrogen-bond acceptors (Lipinski definition) is 5. The lowest BCUT2D eigenvalue weighted by Gasteiger charge is -2.27. The van der Waals surface area contributed by atoms with Gasteiger partial charge in [-0.2, -0.15) is 0 Å². The van der Waals surface area contributed by atoms with E-state index in [4.69, 9.17) is 4.74 Å². The minimum Gasteiger partial charge on any atom is -0.494 e. The first-order chi connectivity index (χ1) is 15.5. The number of anilines is 2. The molecule has 0 bridgehead atoms. The smallest absolute Gasteiger partial charge is 0.307 e. The van der Waals surface area contributed by atoms with Gasteiger partial charge < -0.3 is 14.7 Å². The van der Waals surface area contributed by atoms with E-state index >= 15 is 0 Å². The lowest BCUT2D eigenvalue weighted by Crippen LogP contribution is -2.21. The highest BCUT2D eigenvalue weighted by Crippen LogP contribution is 2.43. The quantitative estimate of drug-likeness (QED) is 0.507. The maximum absolute atomic E-state index is 12.8. The molecule has 0 saturated heterocycles. The number of carbonyl (C=O) groups is 2. The highest BCUT2D eigenvalue weighted by molar-refractivity contribution is 6.03. The second-order valence-electron chi connectivity index (χ2n) is 8.90. The second-order valence-corrected chi connectivity index (χ2v) is 8.90. The molecule has 0 amide bonds. The van der Waals surface area contributed by atoms with Crippen LogP contribution in [0.4, 0.5) is 11.4 Å². The molecule has 5 rings (SSSR count). The van der Waals surface area contributed by atoms with Crippen LogP contribution in [0.15, 0.2) is 48.7 Å². The molecule has 1 N–H and O–H groups in total. The van der Waals surface area contributed by atoms with Crippen LogP contribution in [0.2, 0.25) is 0 Å². The van der Waals surface area contributed by atoms with Gasteiger partial charge in [-0.1, -0.05) is 30.3 Å². The molecular weight excluding hydrogens is 404 g/mol. The molecule has 0 aliphatic heterocycles. The number of pyridine rings is 1. The molecule has 6 heteroatoms. The van der Waals surface area contributed by atoms with Gasteiger partial charge in [-0.15, -0.1) is 0 Å². The average Bonchev–Trinajstić information content (AvgIpc) is 3.72. The van der Waals surface area contributed by atoms with Crippen LogP contribution in [0, 0.1) is 24.7 Å². The van der Waals surface area contributed by atoms with Crippen molar-refractivity contribution in [2.75, 3.05) is 18.6 Å². The van der Waals surface area contributed by atoms with E-state index in [1.165, 1.54) is 36.3 Å². The van der Waals surface area contributed by atoms with Crippen LogP contribution in [0.3, 0.4) is 0 Å². The van der Waals surface area contributed by atoms with Crippen LogP contribution in [0.25, 0.3) is 10.8 Å². The molecular formula is C26H26N2O4. The van der Waals surface area contributed by atoms with E-state index in [2.05, 4.69) is 53.2 Å². The number of fused-ring (bicyclic) bond motifs is 1. The van der Waals surface area contributed by atoms with Crippen molar-refractivity contribution in [1.29, 1.82) is 0 Å². The maximum Gasteiger partial charge on any atom is 0.307 e. The first kappa shape index (κ1) is 20.5. The number of Topliss-reactive ketones (excluding diaryl/α,β-unsaturated/α-hetero) is 1. The Morgan fingerprint density at radius 2 is 1.88 bits per heavy atom. The van der Waals surface area contributed by atoms with Crippen molar-refractivity contribution in [2.24, 2.45) is 17.8 Å². The topological polar surface area (TPSA) is 79.7 Å². The van der Waals surface area contributed by atoms with Crippen molar-refractivity contribution in [3.05, 3.63) is 59.9 Å². The predicted octanol–water partition coefficient (Wildman–Crippen LogP) is 5.00. The minimum atomic E-state index is -0.930. The van der Waals surface area contributed by atoms with Crippen LogP contribution in [-0.4, -0.2) is 35.5 Å². The molecule has 3 aromatic rings. The Morgan fingerprint density at radius 1 is 1.12 bits per heavy atom. The third-order valence-electron chi connectivity index (χ3n) is 6.60. The molecule has 2 aromatic carbocycles. The number of carbonyl (C=O) groups excluding carboxylic acids is 1. The third kappa shape index (κ3) is 3.70. The van der Waals surface area contributed by atoms with E-state index < -0.39 is 17.8 Å². The first-order valence-corrected chi connectivity index (χ1v) is 11.0. The molecule has 1 aromatic heterocycles. The second kappa shape index (κ2) is 7.93. The van der Waals surface area contributed by atoms with Gasteiger partial charge in [-0.05, 0) is 49.1 Å². The number of hydrogen-bond donors (Lipinski definition) is 1. The molecule has 1 heterocycles. The largest absolute Gasteiger partial charge is 0.494 e. The van der Waals surface area contributed by atoms with Crippen LogP contribution in [-0.2, 0) is 4.79 Å². The number of carboxylic acids is 1. The minimum absolute atomic E-state index is 0.213. The summed E-state index contributed by atoms with van der Waals surface area (Å²) in [5.74, 6) is -1.29. The Labute approximate surface area is 186 Å².